The van der Waals surface area contributed by atoms with Gasteiger partial charge in [0.1, 0.15) is 0 Å². The smallest absolute Gasteiger partial charge is 0.254 e. The van der Waals surface area contributed by atoms with Crippen molar-refractivity contribution in [3.05, 3.63) is 31.9 Å². The van der Waals surface area contributed by atoms with Crippen LogP contribution in [0.15, 0.2) is 12.1 Å². The normalized spacial score (nSPS) is 10.0. The Kier molecular flexibility index (Phi) is 3.37. The van der Waals surface area contributed by atoms with E-state index in [2.05, 4.69) is 0 Å². The molecule has 0 saturated carbocycles. The Morgan fingerprint density at radius 1 is 1.50 bits per heavy atom. The standard InChI is InChI=1S/C8H5Cl2IO/c1-4-2-3-5(11)6(7(4)9)8(10)12/h2-3H,1H3. The topological polar surface area (TPSA) is 17.1 Å². The van der Waals surface area contributed by atoms with E-state index >= 15 is 0 Å². The number of aryl methyl sites for hydroxylation is 1. The van der Waals surface area contributed by atoms with Crippen LogP contribution in [0.2, 0.25) is 5.02 Å². The van der Waals surface area contributed by atoms with E-state index in [0.717, 1.165) is 9.13 Å². The van der Waals surface area contributed by atoms with Gasteiger partial charge in [0.15, 0.2) is 0 Å². The molecular formula is C8H5Cl2IO. The van der Waals surface area contributed by atoms with Crippen molar-refractivity contribution in [1.82, 2.24) is 0 Å². The van der Waals surface area contributed by atoms with Crippen LogP contribution in [-0.4, -0.2) is 5.24 Å². The average molecular weight is 315 g/mol. The van der Waals surface area contributed by atoms with Gasteiger partial charge in [0.25, 0.3) is 5.24 Å². The Morgan fingerprint density at radius 2 is 2.08 bits per heavy atom. The first kappa shape index (κ1) is 10.3. The minimum absolute atomic E-state index is 0.402. The highest BCUT2D eigenvalue weighted by Gasteiger charge is 2.13. The molecule has 1 nitrogen and oxygen atoms in total. The second-order valence-electron chi connectivity index (χ2n) is 2.33. The summed E-state index contributed by atoms with van der Waals surface area (Å²) in [5.74, 6) is 0. The van der Waals surface area contributed by atoms with Crippen LogP contribution >= 0.6 is 45.8 Å². The van der Waals surface area contributed by atoms with Gasteiger partial charge in [-0.25, -0.2) is 0 Å². The first-order valence-corrected chi connectivity index (χ1v) is 5.02. The molecule has 0 N–H and O–H groups in total. The monoisotopic (exact) mass is 314 g/mol. The van der Waals surface area contributed by atoms with Gasteiger partial charge in [-0.05, 0) is 52.7 Å². The number of halogens is 3. The number of carbonyl (C=O) groups excluding carboxylic acids is 1. The molecule has 64 valence electrons. The van der Waals surface area contributed by atoms with Crippen molar-refractivity contribution in [1.29, 1.82) is 0 Å². The molecule has 0 aromatic heterocycles. The molecule has 1 aromatic rings. The quantitative estimate of drug-likeness (QED) is 0.571. The van der Waals surface area contributed by atoms with Gasteiger partial charge in [0, 0.05) is 3.57 Å². The van der Waals surface area contributed by atoms with Crippen LogP contribution in [0.25, 0.3) is 0 Å². The highest BCUT2D eigenvalue weighted by Crippen LogP contribution is 2.26. The van der Waals surface area contributed by atoms with E-state index in [1.54, 1.807) is 0 Å². The summed E-state index contributed by atoms with van der Waals surface area (Å²) in [6, 6.07) is 3.67. The fourth-order valence-electron chi connectivity index (χ4n) is 0.837. The van der Waals surface area contributed by atoms with Crippen molar-refractivity contribution in [3.8, 4) is 0 Å². The zero-order chi connectivity index (χ0) is 9.30. The van der Waals surface area contributed by atoms with Crippen molar-refractivity contribution < 1.29 is 4.79 Å². The van der Waals surface area contributed by atoms with E-state index in [1.807, 2.05) is 41.6 Å². The van der Waals surface area contributed by atoms with Crippen LogP contribution in [0.3, 0.4) is 0 Å². The zero-order valence-corrected chi connectivity index (χ0v) is 9.87. The lowest BCUT2D eigenvalue weighted by Gasteiger charge is -2.04. The number of hydrogen-bond acceptors (Lipinski definition) is 1. The Balaban J connectivity index is 3.43. The second kappa shape index (κ2) is 3.94. The van der Waals surface area contributed by atoms with Gasteiger partial charge >= 0.3 is 0 Å². The van der Waals surface area contributed by atoms with Crippen LogP contribution in [-0.2, 0) is 0 Å². The van der Waals surface area contributed by atoms with Crippen molar-refractivity contribution >= 4 is 51.0 Å². The number of benzene rings is 1. The van der Waals surface area contributed by atoms with Crippen LogP contribution < -0.4 is 0 Å². The number of hydrogen-bond donors (Lipinski definition) is 0. The van der Waals surface area contributed by atoms with Crippen molar-refractivity contribution in [2.45, 2.75) is 6.92 Å². The van der Waals surface area contributed by atoms with Gasteiger partial charge < -0.3 is 0 Å². The molecule has 0 fully saturated rings. The SMILES string of the molecule is Cc1ccc(I)c(C(=O)Cl)c1Cl. The third-order valence-electron chi connectivity index (χ3n) is 1.48. The Morgan fingerprint density at radius 3 is 2.50 bits per heavy atom. The summed E-state index contributed by atoms with van der Waals surface area (Å²) in [6.45, 7) is 1.84. The van der Waals surface area contributed by atoms with E-state index in [1.165, 1.54) is 0 Å². The van der Waals surface area contributed by atoms with Crippen LogP contribution in [0.5, 0.6) is 0 Å². The van der Waals surface area contributed by atoms with E-state index < -0.39 is 5.24 Å². The van der Waals surface area contributed by atoms with Gasteiger partial charge in [0.2, 0.25) is 0 Å². The maximum Gasteiger partial charge on any atom is 0.254 e. The molecule has 12 heavy (non-hydrogen) atoms. The van der Waals surface area contributed by atoms with Gasteiger partial charge in [0.05, 0.1) is 10.6 Å². The molecule has 0 spiro atoms. The highest BCUT2D eigenvalue weighted by molar-refractivity contribution is 14.1. The lowest BCUT2D eigenvalue weighted by Crippen LogP contribution is -1.96. The van der Waals surface area contributed by atoms with Crippen molar-refractivity contribution in [3.63, 3.8) is 0 Å². The molecule has 0 saturated heterocycles. The summed E-state index contributed by atoms with van der Waals surface area (Å²) in [5, 5.41) is -0.0602. The van der Waals surface area contributed by atoms with Crippen LogP contribution in [0.4, 0.5) is 0 Å². The third-order valence-corrected chi connectivity index (χ3v) is 3.06. The molecule has 0 radical (unpaired) electrons. The summed E-state index contributed by atoms with van der Waals surface area (Å²) >= 11 is 13.3. The molecule has 4 heteroatoms. The maximum absolute atomic E-state index is 10.9. The molecule has 0 unspecified atom stereocenters. The van der Waals surface area contributed by atoms with E-state index in [0.29, 0.717) is 10.6 Å². The lowest BCUT2D eigenvalue weighted by molar-refractivity contribution is 0.108. The lowest BCUT2D eigenvalue weighted by atomic mass is 10.1. The van der Waals surface area contributed by atoms with Crippen LogP contribution in [0.1, 0.15) is 15.9 Å². The molecule has 0 bridgehead atoms. The predicted octanol–water partition coefficient (Wildman–Crippen LogP) is 3.63. The molecule has 0 amide bonds. The second-order valence-corrected chi connectivity index (χ2v) is 4.21. The minimum Gasteiger partial charge on any atom is -0.276 e. The Bertz CT molecular complexity index is 336. The number of rotatable bonds is 1. The average Bonchev–Trinajstić information content (AvgIpc) is 1.97. The van der Waals surface area contributed by atoms with E-state index in [-0.39, 0.29) is 0 Å². The van der Waals surface area contributed by atoms with Gasteiger partial charge in [-0.1, -0.05) is 17.7 Å². The zero-order valence-electron chi connectivity index (χ0n) is 6.20. The highest BCUT2D eigenvalue weighted by atomic mass is 127. The summed E-state index contributed by atoms with van der Waals surface area (Å²) in [4.78, 5) is 10.9. The first-order valence-electron chi connectivity index (χ1n) is 3.18. The van der Waals surface area contributed by atoms with Crippen molar-refractivity contribution in [2.24, 2.45) is 0 Å². The predicted molar refractivity (Wildman–Crippen MR) is 59.1 cm³/mol. The van der Waals surface area contributed by atoms with Crippen LogP contribution in [0, 0.1) is 10.5 Å². The molecule has 1 rings (SSSR count). The minimum atomic E-state index is -0.506. The Hall–Kier alpha value is 0.200. The molecule has 0 aliphatic carbocycles. The van der Waals surface area contributed by atoms with Gasteiger partial charge in [-0.3, -0.25) is 4.79 Å². The Labute approximate surface area is 94.2 Å². The van der Waals surface area contributed by atoms with E-state index in [4.69, 9.17) is 23.2 Å². The largest absolute Gasteiger partial charge is 0.276 e. The summed E-state index contributed by atoms with van der Waals surface area (Å²) < 4.78 is 0.781. The van der Waals surface area contributed by atoms with Crippen molar-refractivity contribution in [2.75, 3.05) is 0 Å². The third kappa shape index (κ3) is 1.92. The molecule has 0 heterocycles. The molecule has 0 aliphatic rings. The van der Waals surface area contributed by atoms with E-state index in [9.17, 15) is 4.79 Å². The first-order chi connectivity index (χ1) is 5.54. The maximum atomic E-state index is 10.9. The summed E-state index contributed by atoms with van der Waals surface area (Å²) in [7, 11) is 0. The summed E-state index contributed by atoms with van der Waals surface area (Å²) in [6.07, 6.45) is 0. The molecule has 1 aromatic carbocycles. The number of carbonyl (C=O) groups is 1. The van der Waals surface area contributed by atoms with Gasteiger partial charge in [-0.15, -0.1) is 0 Å². The fourth-order valence-corrected chi connectivity index (χ4v) is 2.35. The fraction of sp³-hybridized carbons (Fsp3) is 0.125. The summed E-state index contributed by atoms with van der Waals surface area (Å²) in [5.41, 5.74) is 1.26. The molecular weight excluding hydrogens is 310 g/mol. The molecule has 0 aliphatic heterocycles. The molecule has 0 atom stereocenters. The van der Waals surface area contributed by atoms with Gasteiger partial charge in [-0.2, -0.15) is 0 Å².